The summed E-state index contributed by atoms with van der Waals surface area (Å²) in [6, 6.07) is 1.78. The van der Waals surface area contributed by atoms with Crippen molar-refractivity contribution < 1.29 is 14.6 Å². The molecule has 5 atom stereocenters. The highest BCUT2D eigenvalue weighted by Crippen LogP contribution is 2.57. The number of pyridine rings is 1. The van der Waals surface area contributed by atoms with Crippen LogP contribution in [-0.2, 0) is 0 Å². The first-order chi connectivity index (χ1) is 11.2. The number of carbonyl (C=O) groups is 1. The van der Waals surface area contributed by atoms with E-state index in [0.717, 1.165) is 24.2 Å². The summed E-state index contributed by atoms with van der Waals surface area (Å²) in [5.41, 5.74) is 0.0645. The molecule has 2 bridgehead atoms. The third kappa shape index (κ3) is 2.37. The highest BCUT2D eigenvalue weighted by Gasteiger charge is 2.51. The van der Waals surface area contributed by atoms with Crippen molar-refractivity contribution in [2.45, 2.75) is 44.6 Å². The molecule has 1 aromatic heterocycles. The molecule has 1 amide bonds. The Labute approximate surface area is 136 Å². The molecule has 0 spiro atoms. The first-order valence-electron chi connectivity index (χ1n) is 8.72. The summed E-state index contributed by atoms with van der Waals surface area (Å²) in [5.74, 6) is 2.91. The third-order valence-electron chi connectivity index (χ3n) is 6.31. The van der Waals surface area contributed by atoms with E-state index < -0.39 is 0 Å². The van der Waals surface area contributed by atoms with Gasteiger partial charge in [-0.1, -0.05) is 6.42 Å². The minimum atomic E-state index is -0.283. The Hall–Kier alpha value is -1.78. The van der Waals surface area contributed by atoms with Crippen LogP contribution in [0.4, 0.5) is 0 Å². The van der Waals surface area contributed by atoms with Gasteiger partial charge in [-0.3, -0.25) is 4.79 Å². The monoisotopic (exact) mass is 316 g/mol. The molecule has 5 heteroatoms. The lowest BCUT2D eigenvalue weighted by Gasteiger charge is -2.41. The van der Waals surface area contributed by atoms with Crippen LogP contribution in [0.3, 0.4) is 0 Å². The number of methoxy groups -OCH3 is 1. The molecule has 3 aliphatic carbocycles. The van der Waals surface area contributed by atoms with Crippen LogP contribution in [-0.4, -0.2) is 29.1 Å². The highest BCUT2D eigenvalue weighted by molar-refractivity contribution is 5.95. The molecule has 0 aliphatic heterocycles. The maximum Gasteiger partial charge on any atom is 0.274 e. The van der Waals surface area contributed by atoms with Gasteiger partial charge < -0.3 is 15.2 Å². The van der Waals surface area contributed by atoms with Crippen molar-refractivity contribution in [1.82, 2.24) is 10.3 Å². The molecule has 124 valence electrons. The number of ether oxygens (including phenoxy) is 1. The van der Waals surface area contributed by atoms with Crippen molar-refractivity contribution >= 4 is 5.91 Å². The zero-order valence-electron chi connectivity index (χ0n) is 13.5. The van der Waals surface area contributed by atoms with Crippen molar-refractivity contribution in [3.8, 4) is 11.5 Å². The van der Waals surface area contributed by atoms with Gasteiger partial charge in [0.1, 0.15) is 0 Å². The van der Waals surface area contributed by atoms with Gasteiger partial charge in [0, 0.05) is 18.3 Å². The molecule has 0 saturated heterocycles. The van der Waals surface area contributed by atoms with Crippen molar-refractivity contribution in [3.63, 3.8) is 0 Å². The molecule has 3 fully saturated rings. The van der Waals surface area contributed by atoms with E-state index in [1.165, 1.54) is 45.4 Å². The van der Waals surface area contributed by atoms with Gasteiger partial charge >= 0.3 is 0 Å². The van der Waals surface area contributed by atoms with E-state index in [9.17, 15) is 9.90 Å². The number of nitrogens with one attached hydrogen (secondary N) is 1. The lowest BCUT2D eigenvalue weighted by atomic mass is 9.68. The topological polar surface area (TPSA) is 71.5 Å². The van der Waals surface area contributed by atoms with E-state index in [2.05, 4.69) is 10.3 Å². The second-order valence-electron chi connectivity index (χ2n) is 7.30. The van der Waals surface area contributed by atoms with Gasteiger partial charge in [-0.2, -0.15) is 0 Å². The number of aromatic hydroxyl groups is 1. The van der Waals surface area contributed by atoms with Gasteiger partial charge in [0.15, 0.2) is 17.2 Å². The van der Waals surface area contributed by atoms with Gasteiger partial charge in [0.2, 0.25) is 0 Å². The van der Waals surface area contributed by atoms with E-state index in [-0.39, 0.29) is 29.1 Å². The second kappa shape index (κ2) is 5.69. The fraction of sp³-hybridized carbons (Fsp3) is 0.667. The summed E-state index contributed by atoms with van der Waals surface area (Å²) in [7, 11) is 1.47. The largest absolute Gasteiger partial charge is 0.503 e. The maximum absolute atomic E-state index is 12.6. The first kappa shape index (κ1) is 14.8. The van der Waals surface area contributed by atoms with Crippen LogP contribution in [0.5, 0.6) is 11.5 Å². The average Bonchev–Trinajstić information content (AvgIpc) is 3.17. The SMILES string of the molecule is COc1ccnc(C(=O)NC2CCCC3C2[C@@H]2CC[C@H]3C2)c1O. The molecule has 5 nitrogen and oxygen atoms in total. The van der Waals surface area contributed by atoms with Gasteiger partial charge in [0.25, 0.3) is 5.91 Å². The first-order valence-corrected chi connectivity index (χ1v) is 8.72. The minimum absolute atomic E-state index is 0.0645. The molecular formula is C18H24N2O3. The van der Waals surface area contributed by atoms with Crippen molar-refractivity contribution in [1.29, 1.82) is 0 Å². The number of carbonyl (C=O) groups excluding carboxylic acids is 1. The Balaban J connectivity index is 1.52. The van der Waals surface area contributed by atoms with E-state index in [0.29, 0.717) is 5.92 Å². The van der Waals surface area contributed by atoms with Gasteiger partial charge in [-0.15, -0.1) is 0 Å². The van der Waals surface area contributed by atoms with Crippen molar-refractivity contribution in [2.24, 2.45) is 23.7 Å². The number of fused-ring (bicyclic) bond motifs is 5. The summed E-state index contributed by atoms with van der Waals surface area (Å²) in [5, 5.41) is 13.3. The summed E-state index contributed by atoms with van der Waals surface area (Å²) < 4.78 is 5.07. The van der Waals surface area contributed by atoms with Crippen LogP contribution >= 0.6 is 0 Å². The quantitative estimate of drug-likeness (QED) is 0.899. The summed E-state index contributed by atoms with van der Waals surface area (Å²) in [6.45, 7) is 0. The molecule has 3 unspecified atom stereocenters. The highest BCUT2D eigenvalue weighted by atomic mass is 16.5. The molecule has 0 aromatic carbocycles. The molecule has 1 heterocycles. The summed E-state index contributed by atoms with van der Waals surface area (Å²) in [4.78, 5) is 16.7. The predicted molar refractivity (Wildman–Crippen MR) is 85.4 cm³/mol. The number of hydrogen-bond acceptors (Lipinski definition) is 4. The van der Waals surface area contributed by atoms with Crippen LogP contribution in [0.25, 0.3) is 0 Å². The van der Waals surface area contributed by atoms with Crippen LogP contribution in [0.15, 0.2) is 12.3 Å². The van der Waals surface area contributed by atoms with E-state index >= 15 is 0 Å². The maximum atomic E-state index is 12.6. The number of aromatic nitrogens is 1. The van der Waals surface area contributed by atoms with E-state index in [1.54, 1.807) is 6.07 Å². The number of nitrogens with zero attached hydrogens (tertiary/aromatic N) is 1. The lowest BCUT2D eigenvalue weighted by Crippen LogP contribution is -2.47. The van der Waals surface area contributed by atoms with Crippen LogP contribution in [0.2, 0.25) is 0 Å². The zero-order chi connectivity index (χ0) is 16.0. The van der Waals surface area contributed by atoms with Gasteiger partial charge in [-0.05, 0) is 55.8 Å². The van der Waals surface area contributed by atoms with Crippen LogP contribution in [0.1, 0.15) is 49.0 Å². The number of rotatable bonds is 3. The Morgan fingerprint density at radius 2 is 2.13 bits per heavy atom. The molecule has 0 radical (unpaired) electrons. The second-order valence-corrected chi connectivity index (χ2v) is 7.30. The lowest BCUT2D eigenvalue weighted by molar-refractivity contribution is 0.0792. The van der Waals surface area contributed by atoms with E-state index in [4.69, 9.17) is 4.74 Å². The molecule has 4 rings (SSSR count). The molecule has 3 aliphatic rings. The Morgan fingerprint density at radius 3 is 2.96 bits per heavy atom. The van der Waals surface area contributed by atoms with E-state index in [1.807, 2.05) is 0 Å². The summed E-state index contributed by atoms with van der Waals surface area (Å²) in [6.07, 6.45) is 9.10. The Kier molecular flexibility index (Phi) is 3.66. The predicted octanol–water partition coefficient (Wildman–Crippen LogP) is 2.74. The average molecular weight is 316 g/mol. The molecule has 2 N–H and O–H groups in total. The molecular weight excluding hydrogens is 292 g/mol. The fourth-order valence-electron chi connectivity index (χ4n) is 5.45. The van der Waals surface area contributed by atoms with Gasteiger partial charge in [0.05, 0.1) is 7.11 Å². The Morgan fingerprint density at radius 1 is 1.30 bits per heavy atom. The Bertz CT molecular complexity index is 618. The normalized spacial score (nSPS) is 34.9. The molecule has 3 saturated carbocycles. The number of amides is 1. The fourth-order valence-corrected chi connectivity index (χ4v) is 5.45. The molecule has 23 heavy (non-hydrogen) atoms. The summed E-state index contributed by atoms with van der Waals surface area (Å²) >= 11 is 0. The molecule has 1 aromatic rings. The zero-order valence-corrected chi connectivity index (χ0v) is 13.5. The number of hydrogen-bond donors (Lipinski definition) is 2. The standard InChI is InChI=1S/C18H24N2O3/c1-23-14-7-8-19-16(17(14)21)18(22)20-13-4-2-3-12-10-5-6-11(9-10)15(12)13/h7-8,10-13,15,21H,2-6,9H2,1H3,(H,20,22)/t10-,11+,12?,13?,15?/m0/s1. The van der Waals surface area contributed by atoms with Crippen molar-refractivity contribution in [3.05, 3.63) is 18.0 Å². The van der Waals surface area contributed by atoms with Crippen LogP contribution < -0.4 is 10.1 Å². The van der Waals surface area contributed by atoms with Crippen LogP contribution in [0, 0.1) is 23.7 Å². The van der Waals surface area contributed by atoms with Gasteiger partial charge in [-0.25, -0.2) is 4.98 Å². The minimum Gasteiger partial charge on any atom is -0.503 e. The smallest absolute Gasteiger partial charge is 0.274 e. The van der Waals surface area contributed by atoms with Crippen molar-refractivity contribution in [2.75, 3.05) is 7.11 Å². The third-order valence-corrected chi connectivity index (χ3v) is 6.31.